The number of rotatable bonds is 7. The maximum atomic E-state index is 11.4. The summed E-state index contributed by atoms with van der Waals surface area (Å²) < 4.78 is 11.4. The highest BCUT2D eigenvalue weighted by Crippen LogP contribution is 2.37. The monoisotopic (exact) mass is 360 g/mol. The number of amides is 1. The molecule has 5 nitrogen and oxygen atoms in total. The minimum Gasteiger partial charge on any atom is -0.491 e. The minimum absolute atomic E-state index is 0.302. The molecule has 1 aliphatic rings. The fourth-order valence-corrected chi connectivity index (χ4v) is 2.79. The van der Waals surface area contributed by atoms with Gasteiger partial charge in [0.05, 0.1) is 10.0 Å². The molecule has 128 valence electrons. The van der Waals surface area contributed by atoms with E-state index in [9.17, 15) is 4.79 Å². The molecule has 2 N–H and O–H groups in total. The Hall–Kier alpha value is -1.17. The number of carbonyl (C=O) groups is 1. The molecular formula is C16H22Cl2N2O3. The zero-order valence-corrected chi connectivity index (χ0v) is 14.9. The Labute approximate surface area is 146 Å². The summed E-state index contributed by atoms with van der Waals surface area (Å²) in [5.41, 5.74) is 4.14. The Morgan fingerprint density at radius 3 is 2.43 bits per heavy atom. The van der Waals surface area contributed by atoms with Gasteiger partial charge in [-0.05, 0) is 45.8 Å². The second-order valence-corrected chi connectivity index (χ2v) is 6.90. The van der Waals surface area contributed by atoms with Gasteiger partial charge >= 0.3 is 0 Å². The van der Waals surface area contributed by atoms with E-state index in [1.807, 2.05) is 0 Å². The van der Waals surface area contributed by atoms with E-state index in [2.05, 4.69) is 4.90 Å². The largest absolute Gasteiger partial charge is 0.491 e. The van der Waals surface area contributed by atoms with Crippen LogP contribution in [0.3, 0.4) is 0 Å². The van der Waals surface area contributed by atoms with Crippen molar-refractivity contribution in [2.75, 3.05) is 26.2 Å². The van der Waals surface area contributed by atoms with Crippen molar-refractivity contribution >= 4 is 29.1 Å². The first kappa shape index (κ1) is 18.2. The zero-order chi connectivity index (χ0) is 17.0. The summed E-state index contributed by atoms with van der Waals surface area (Å²) in [5.74, 6) is 0.210. The third-order valence-corrected chi connectivity index (χ3v) is 4.40. The molecule has 1 heterocycles. The molecule has 1 amide bonds. The van der Waals surface area contributed by atoms with Gasteiger partial charge < -0.3 is 15.2 Å². The SMILES string of the molecule is CC(C)(Oc1cc(OCCN2CCCC2)c(Cl)cc1Cl)C(N)=O. The van der Waals surface area contributed by atoms with Crippen molar-refractivity contribution in [1.29, 1.82) is 0 Å². The molecule has 1 saturated heterocycles. The highest BCUT2D eigenvalue weighted by molar-refractivity contribution is 6.36. The van der Waals surface area contributed by atoms with E-state index >= 15 is 0 Å². The molecule has 0 radical (unpaired) electrons. The molecule has 0 unspecified atom stereocenters. The molecule has 0 spiro atoms. The van der Waals surface area contributed by atoms with Gasteiger partial charge in [0.15, 0.2) is 5.60 Å². The van der Waals surface area contributed by atoms with E-state index in [0.29, 0.717) is 28.2 Å². The first-order valence-corrected chi connectivity index (χ1v) is 8.38. The number of carbonyl (C=O) groups excluding carboxylic acids is 1. The van der Waals surface area contributed by atoms with E-state index < -0.39 is 11.5 Å². The molecule has 0 atom stereocenters. The number of benzene rings is 1. The van der Waals surface area contributed by atoms with Gasteiger partial charge in [-0.2, -0.15) is 0 Å². The summed E-state index contributed by atoms with van der Waals surface area (Å²) in [7, 11) is 0. The molecule has 23 heavy (non-hydrogen) atoms. The smallest absolute Gasteiger partial charge is 0.261 e. The first-order chi connectivity index (χ1) is 10.8. The van der Waals surface area contributed by atoms with Crippen LogP contribution in [0.1, 0.15) is 26.7 Å². The molecule has 1 fully saturated rings. The maximum absolute atomic E-state index is 11.4. The lowest BCUT2D eigenvalue weighted by Crippen LogP contribution is -2.43. The standard InChI is InChI=1S/C16H22Cl2N2O3/c1-16(2,15(19)21)23-14-10-13(11(17)9-12(14)18)22-8-7-20-5-3-4-6-20/h9-10H,3-8H2,1-2H3,(H2,19,21). The van der Waals surface area contributed by atoms with Gasteiger partial charge in [0.1, 0.15) is 18.1 Å². The Balaban J connectivity index is 2.04. The fraction of sp³-hybridized carbons (Fsp3) is 0.562. The molecule has 0 bridgehead atoms. The van der Waals surface area contributed by atoms with Crippen LogP contribution in [-0.2, 0) is 4.79 Å². The van der Waals surface area contributed by atoms with Gasteiger partial charge in [0.2, 0.25) is 0 Å². The summed E-state index contributed by atoms with van der Waals surface area (Å²) >= 11 is 12.3. The number of nitrogens with zero attached hydrogens (tertiary/aromatic N) is 1. The van der Waals surface area contributed by atoms with Crippen LogP contribution in [0.2, 0.25) is 10.0 Å². The predicted octanol–water partition coefficient (Wildman–Crippen LogP) is 3.11. The van der Waals surface area contributed by atoms with Crippen LogP contribution >= 0.6 is 23.2 Å². The van der Waals surface area contributed by atoms with E-state index in [0.717, 1.165) is 19.6 Å². The highest BCUT2D eigenvalue weighted by Gasteiger charge is 2.28. The van der Waals surface area contributed by atoms with Crippen molar-refractivity contribution in [3.63, 3.8) is 0 Å². The van der Waals surface area contributed by atoms with Gasteiger partial charge in [-0.15, -0.1) is 0 Å². The molecule has 7 heteroatoms. The lowest BCUT2D eigenvalue weighted by molar-refractivity contribution is -0.130. The summed E-state index contributed by atoms with van der Waals surface area (Å²) in [4.78, 5) is 13.7. The normalized spacial score (nSPS) is 15.7. The van der Waals surface area contributed by atoms with Crippen molar-refractivity contribution in [3.8, 4) is 11.5 Å². The average molecular weight is 361 g/mol. The summed E-state index contributed by atoms with van der Waals surface area (Å²) in [6.07, 6.45) is 2.48. The van der Waals surface area contributed by atoms with E-state index in [1.54, 1.807) is 26.0 Å². The lowest BCUT2D eigenvalue weighted by atomic mass is 10.1. The van der Waals surface area contributed by atoms with Crippen LogP contribution in [0.15, 0.2) is 12.1 Å². The second kappa shape index (κ2) is 7.60. The van der Waals surface area contributed by atoms with E-state index in [-0.39, 0.29) is 0 Å². The van der Waals surface area contributed by atoms with Crippen molar-refractivity contribution in [2.24, 2.45) is 5.73 Å². The number of halogens is 2. The predicted molar refractivity (Wildman–Crippen MR) is 91.5 cm³/mol. The average Bonchev–Trinajstić information content (AvgIpc) is 2.96. The van der Waals surface area contributed by atoms with Crippen molar-refractivity contribution in [2.45, 2.75) is 32.3 Å². The summed E-state index contributed by atoms with van der Waals surface area (Å²) in [6.45, 7) is 6.75. The number of hydrogen-bond acceptors (Lipinski definition) is 4. The van der Waals surface area contributed by atoms with Crippen LogP contribution in [0, 0.1) is 0 Å². The molecular weight excluding hydrogens is 339 g/mol. The van der Waals surface area contributed by atoms with Gasteiger partial charge in [-0.3, -0.25) is 9.69 Å². The van der Waals surface area contributed by atoms with Gasteiger partial charge in [0, 0.05) is 12.6 Å². The van der Waals surface area contributed by atoms with Gasteiger partial charge in [0.25, 0.3) is 5.91 Å². The fourth-order valence-electron chi connectivity index (χ4n) is 2.32. The Bertz CT molecular complexity index is 573. The lowest BCUT2D eigenvalue weighted by Gasteiger charge is -2.24. The number of hydrogen-bond donors (Lipinski definition) is 1. The second-order valence-electron chi connectivity index (χ2n) is 6.09. The molecule has 0 aliphatic carbocycles. The number of nitrogens with two attached hydrogens (primary N) is 1. The quantitative estimate of drug-likeness (QED) is 0.811. The van der Waals surface area contributed by atoms with E-state index in [1.165, 1.54) is 12.8 Å². The van der Waals surface area contributed by atoms with Gasteiger partial charge in [-0.25, -0.2) is 0 Å². The third-order valence-electron chi connectivity index (χ3n) is 3.81. The molecule has 0 aromatic heterocycles. The zero-order valence-electron chi connectivity index (χ0n) is 13.4. The molecule has 0 saturated carbocycles. The van der Waals surface area contributed by atoms with Crippen LogP contribution in [0.4, 0.5) is 0 Å². The third kappa shape index (κ3) is 4.90. The topological polar surface area (TPSA) is 64.8 Å². The van der Waals surface area contributed by atoms with Crippen LogP contribution in [-0.4, -0.2) is 42.6 Å². The highest BCUT2D eigenvalue weighted by atomic mass is 35.5. The molecule has 2 rings (SSSR count). The first-order valence-electron chi connectivity index (χ1n) is 7.63. The Morgan fingerprint density at radius 1 is 1.22 bits per heavy atom. The van der Waals surface area contributed by atoms with E-state index in [4.69, 9.17) is 38.4 Å². The number of ether oxygens (including phenoxy) is 2. The number of primary amides is 1. The summed E-state index contributed by atoms with van der Waals surface area (Å²) in [6, 6.07) is 3.14. The van der Waals surface area contributed by atoms with Crippen molar-refractivity contribution < 1.29 is 14.3 Å². The summed E-state index contributed by atoms with van der Waals surface area (Å²) in [5, 5.41) is 0.705. The van der Waals surface area contributed by atoms with Crippen molar-refractivity contribution in [1.82, 2.24) is 4.90 Å². The van der Waals surface area contributed by atoms with Gasteiger partial charge in [-0.1, -0.05) is 23.2 Å². The molecule has 1 aromatic rings. The molecule has 1 aromatic carbocycles. The van der Waals surface area contributed by atoms with Crippen LogP contribution < -0.4 is 15.2 Å². The van der Waals surface area contributed by atoms with Crippen LogP contribution in [0.5, 0.6) is 11.5 Å². The Morgan fingerprint density at radius 2 is 1.83 bits per heavy atom. The van der Waals surface area contributed by atoms with Crippen LogP contribution in [0.25, 0.3) is 0 Å². The maximum Gasteiger partial charge on any atom is 0.261 e. The number of likely N-dealkylation sites (tertiary alicyclic amines) is 1. The Kier molecular flexibility index (Phi) is 6.00. The molecule has 1 aliphatic heterocycles. The minimum atomic E-state index is -1.18. The van der Waals surface area contributed by atoms with Crippen molar-refractivity contribution in [3.05, 3.63) is 22.2 Å².